The molecule has 1 aromatic carbocycles. The largest absolute Gasteiger partial charge is 0.481 e. The van der Waals surface area contributed by atoms with Gasteiger partial charge in [0.05, 0.1) is 12.1 Å². The van der Waals surface area contributed by atoms with Crippen molar-refractivity contribution < 1.29 is 9.90 Å². The van der Waals surface area contributed by atoms with E-state index in [1.165, 1.54) is 5.56 Å². The summed E-state index contributed by atoms with van der Waals surface area (Å²) in [5, 5.41) is 15.0. The van der Waals surface area contributed by atoms with Crippen molar-refractivity contribution in [3.63, 3.8) is 0 Å². The summed E-state index contributed by atoms with van der Waals surface area (Å²) in [4.78, 5) is 15.1. The minimum Gasteiger partial charge on any atom is -0.481 e. The van der Waals surface area contributed by atoms with E-state index in [0.717, 1.165) is 35.8 Å². The van der Waals surface area contributed by atoms with Crippen LogP contribution < -0.4 is 5.32 Å². The Kier molecular flexibility index (Phi) is 5.12. The molecular formula is C15H18N2O2S. The third-order valence-electron chi connectivity index (χ3n) is 2.93. The molecule has 0 atom stereocenters. The molecule has 0 unspecified atom stereocenters. The first-order valence-corrected chi connectivity index (χ1v) is 7.53. The Morgan fingerprint density at radius 2 is 1.95 bits per heavy atom. The van der Waals surface area contributed by atoms with E-state index in [0.29, 0.717) is 0 Å². The number of thiazole rings is 1. The number of hydrogen-bond acceptors (Lipinski definition) is 4. The fourth-order valence-corrected chi connectivity index (χ4v) is 2.74. The average Bonchev–Trinajstić information content (AvgIpc) is 2.86. The van der Waals surface area contributed by atoms with Gasteiger partial charge in [0.2, 0.25) is 0 Å². The van der Waals surface area contributed by atoms with Crippen LogP contribution in [-0.4, -0.2) is 22.6 Å². The maximum atomic E-state index is 10.6. The highest BCUT2D eigenvalue weighted by Gasteiger charge is 2.03. The number of anilines is 1. The first-order valence-electron chi connectivity index (χ1n) is 6.65. The molecular weight excluding hydrogens is 272 g/mol. The number of aliphatic carboxylic acids is 1. The highest BCUT2D eigenvalue weighted by molar-refractivity contribution is 7.13. The van der Waals surface area contributed by atoms with E-state index in [2.05, 4.69) is 22.6 Å². The Morgan fingerprint density at radius 1 is 1.25 bits per heavy atom. The van der Waals surface area contributed by atoms with Crippen LogP contribution in [0, 0.1) is 0 Å². The van der Waals surface area contributed by atoms with Gasteiger partial charge in [-0.1, -0.05) is 24.3 Å². The lowest BCUT2D eigenvalue weighted by atomic mass is 10.1. The van der Waals surface area contributed by atoms with Gasteiger partial charge in [-0.3, -0.25) is 4.79 Å². The van der Waals surface area contributed by atoms with Crippen LogP contribution in [-0.2, 0) is 24.1 Å². The van der Waals surface area contributed by atoms with Gasteiger partial charge in [-0.05, 0) is 30.9 Å². The number of aromatic nitrogens is 1. The predicted molar refractivity (Wildman–Crippen MR) is 81.5 cm³/mol. The van der Waals surface area contributed by atoms with Gasteiger partial charge in [0.1, 0.15) is 0 Å². The number of carboxylic acid groups (broad SMARTS) is 1. The molecule has 2 rings (SSSR count). The molecule has 2 N–H and O–H groups in total. The molecule has 0 saturated carbocycles. The van der Waals surface area contributed by atoms with Crippen molar-refractivity contribution in [1.29, 1.82) is 0 Å². The number of nitrogens with zero attached hydrogens (tertiary/aromatic N) is 1. The Hall–Kier alpha value is -1.88. The van der Waals surface area contributed by atoms with Crippen LogP contribution in [0.5, 0.6) is 0 Å². The molecule has 0 saturated heterocycles. The van der Waals surface area contributed by atoms with Crippen molar-refractivity contribution in [1.82, 2.24) is 4.98 Å². The van der Waals surface area contributed by atoms with Crippen molar-refractivity contribution in [3.8, 4) is 0 Å². The first-order chi connectivity index (χ1) is 9.67. The van der Waals surface area contributed by atoms with Gasteiger partial charge in [0.25, 0.3) is 0 Å². The zero-order valence-electron chi connectivity index (χ0n) is 11.4. The molecule has 20 heavy (non-hydrogen) atoms. The highest BCUT2D eigenvalue weighted by Crippen LogP contribution is 2.17. The molecule has 0 radical (unpaired) electrons. The van der Waals surface area contributed by atoms with E-state index in [9.17, 15) is 4.79 Å². The van der Waals surface area contributed by atoms with Gasteiger partial charge in [0.15, 0.2) is 5.13 Å². The van der Waals surface area contributed by atoms with Crippen molar-refractivity contribution >= 4 is 22.4 Å². The molecule has 2 aromatic rings. The van der Waals surface area contributed by atoms with Gasteiger partial charge < -0.3 is 10.4 Å². The molecule has 4 nitrogen and oxygen atoms in total. The summed E-state index contributed by atoms with van der Waals surface area (Å²) >= 11 is 1.63. The monoisotopic (exact) mass is 290 g/mol. The number of carbonyl (C=O) groups is 1. The number of benzene rings is 1. The van der Waals surface area contributed by atoms with E-state index < -0.39 is 5.97 Å². The van der Waals surface area contributed by atoms with E-state index in [-0.39, 0.29) is 6.42 Å². The summed E-state index contributed by atoms with van der Waals surface area (Å²) in [6.07, 6.45) is 1.90. The summed E-state index contributed by atoms with van der Waals surface area (Å²) < 4.78 is 0. The smallest absolute Gasteiger partial charge is 0.307 e. The van der Waals surface area contributed by atoms with Gasteiger partial charge in [-0.25, -0.2) is 4.98 Å². The summed E-state index contributed by atoms with van der Waals surface area (Å²) in [5.74, 6) is -0.795. The Labute approximate surface area is 122 Å². The second kappa shape index (κ2) is 7.05. The van der Waals surface area contributed by atoms with Gasteiger partial charge >= 0.3 is 5.97 Å². The van der Waals surface area contributed by atoms with Crippen LogP contribution in [0.25, 0.3) is 0 Å². The first kappa shape index (κ1) is 14.5. The standard InChI is InChI=1S/C15H18N2O2S/c1-2-16-15-17-13(10-20-15)8-7-11-3-5-12(6-4-11)9-14(18)19/h3-6,10H,2,7-9H2,1H3,(H,16,17)(H,18,19). The molecule has 106 valence electrons. The number of aryl methyl sites for hydroxylation is 2. The van der Waals surface area contributed by atoms with Crippen LogP contribution in [0.1, 0.15) is 23.7 Å². The maximum Gasteiger partial charge on any atom is 0.307 e. The molecule has 0 aliphatic heterocycles. The fourth-order valence-electron chi connectivity index (χ4n) is 1.93. The van der Waals surface area contributed by atoms with E-state index in [1.54, 1.807) is 11.3 Å². The van der Waals surface area contributed by atoms with Crippen LogP contribution in [0.15, 0.2) is 29.6 Å². The van der Waals surface area contributed by atoms with Gasteiger partial charge in [0, 0.05) is 11.9 Å². The van der Waals surface area contributed by atoms with Crippen LogP contribution >= 0.6 is 11.3 Å². The lowest BCUT2D eigenvalue weighted by Crippen LogP contribution is -2.00. The molecule has 0 bridgehead atoms. The summed E-state index contributed by atoms with van der Waals surface area (Å²) in [6, 6.07) is 7.76. The Morgan fingerprint density at radius 3 is 2.60 bits per heavy atom. The molecule has 1 heterocycles. The van der Waals surface area contributed by atoms with E-state index >= 15 is 0 Å². The Balaban J connectivity index is 1.88. The molecule has 0 aliphatic rings. The summed E-state index contributed by atoms with van der Waals surface area (Å²) in [5.41, 5.74) is 3.14. The third-order valence-corrected chi connectivity index (χ3v) is 3.78. The molecule has 5 heteroatoms. The van der Waals surface area contributed by atoms with Crippen molar-refractivity contribution in [2.45, 2.75) is 26.2 Å². The van der Waals surface area contributed by atoms with Crippen molar-refractivity contribution in [2.24, 2.45) is 0 Å². The SMILES string of the molecule is CCNc1nc(CCc2ccc(CC(=O)O)cc2)cs1. The second-order valence-electron chi connectivity index (χ2n) is 4.56. The minimum absolute atomic E-state index is 0.0818. The fraction of sp³-hybridized carbons (Fsp3) is 0.333. The topological polar surface area (TPSA) is 62.2 Å². The number of hydrogen-bond donors (Lipinski definition) is 2. The lowest BCUT2D eigenvalue weighted by molar-refractivity contribution is -0.136. The van der Waals surface area contributed by atoms with E-state index in [4.69, 9.17) is 5.11 Å². The molecule has 1 aromatic heterocycles. The maximum absolute atomic E-state index is 10.6. The number of nitrogens with one attached hydrogen (secondary N) is 1. The van der Waals surface area contributed by atoms with E-state index in [1.807, 2.05) is 24.3 Å². The van der Waals surface area contributed by atoms with Crippen molar-refractivity contribution in [2.75, 3.05) is 11.9 Å². The normalized spacial score (nSPS) is 10.4. The second-order valence-corrected chi connectivity index (χ2v) is 5.42. The lowest BCUT2D eigenvalue weighted by Gasteiger charge is -2.02. The highest BCUT2D eigenvalue weighted by atomic mass is 32.1. The number of carboxylic acids is 1. The van der Waals surface area contributed by atoms with Gasteiger partial charge in [-0.2, -0.15) is 0 Å². The molecule has 0 amide bonds. The van der Waals surface area contributed by atoms with Crippen molar-refractivity contribution in [3.05, 3.63) is 46.5 Å². The molecule has 0 fully saturated rings. The Bertz CT molecular complexity index is 564. The molecule has 0 spiro atoms. The zero-order chi connectivity index (χ0) is 14.4. The quantitative estimate of drug-likeness (QED) is 0.823. The average molecular weight is 290 g/mol. The summed E-state index contributed by atoms with van der Waals surface area (Å²) in [7, 11) is 0. The minimum atomic E-state index is -0.795. The van der Waals surface area contributed by atoms with Crippen LogP contribution in [0.2, 0.25) is 0 Å². The van der Waals surface area contributed by atoms with Crippen LogP contribution in [0.3, 0.4) is 0 Å². The summed E-state index contributed by atoms with van der Waals surface area (Å²) in [6.45, 7) is 2.94. The predicted octanol–water partition coefficient (Wildman–Crippen LogP) is 2.99. The number of rotatable bonds is 7. The molecule has 0 aliphatic carbocycles. The zero-order valence-corrected chi connectivity index (χ0v) is 12.2. The third kappa shape index (κ3) is 4.35. The van der Waals surface area contributed by atoms with Gasteiger partial charge in [-0.15, -0.1) is 11.3 Å². The van der Waals surface area contributed by atoms with Crippen LogP contribution in [0.4, 0.5) is 5.13 Å².